The molecule has 0 N–H and O–H groups in total. The summed E-state index contributed by atoms with van der Waals surface area (Å²) in [7, 11) is 0. The Hall–Kier alpha value is -3.90. The number of ether oxygens (including phenoxy) is 3. The lowest BCUT2D eigenvalue weighted by Crippen LogP contribution is -2.37. The van der Waals surface area contributed by atoms with E-state index in [2.05, 4.69) is 14.7 Å². The first-order valence-electron chi connectivity index (χ1n) is 9.98. The lowest BCUT2D eigenvalue weighted by molar-refractivity contribution is -0.385. The van der Waals surface area contributed by atoms with Crippen LogP contribution in [-0.4, -0.2) is 53.1 Å². The molecule has 1 fully saturated rings. The fourth-order valence-electron chi connectivity index (χ4n) is 3.33. The first kappa shape index (κ1) is 23.8. The molecule has 3 rings (SSSR count). The zero-order valence-corrected chi connectivity index (χ0v) is 17.5. The van der Waals surface area contributed by atoms with E-state index in [0.717, 1.165) is 18.5 Å². The van der Waals surface area contributed by atoms with Crippen LogP contribution in [0.3, 0.4) is 0 Å². The number of carbonyl (C=O) groups excluding carboxylic acids is 2. The number of aromatic nitrogens is 2. The van der Waals surface area contributed by atoms with E-state index in [9.17, 15) is 28.5 Å². The summed E-state index contributed by atoms with van der Waals surface area (Å²) in [6, 6.07) is 4.62. The number of hydrogen-bond acceptors (Lipinski definition) is 10. The zero-order chi connectivity index (χ0) is 24.0. The predicted molar refractivity (Wildman–Crippen MR) is 108 cm³/mol. The van der Waals surface area contributed by atoms with Crippen molar-refractivity contribution in [2.45, 2.75) is 26.4 Å². The van der Waals surface area contributed by atoms with Crippen molar-refractivity contribution in [3.8, 4) is 11.6 Å². The number of alkyl halides is 2. The van der Waals surface area contributed by atoms with E-state index in [-0.39, 0.29) is 35.6 Å². The van der Waals surface area contributed by atoms with Gasteiger partial charge < -0.3 is 19.1 Å². The Morgan fingerprint density at radius 1 is 1.21 bits per heavy atom. The highest BCUT2D eigenvalue weighted by Crippen LogP contribution is 2.36. The number of halogens is 2. The fourth-order valence-corrected chi connectivity index (χ4v) is 3.33. The second kappa shape index (κ2) is 10.6. The molecule has 1 aliphatic rings. The normalized spacial score (nSPS) is 14.1. The van der Waals surface area contributed by atoms with Crippen molar-refractivity contribution in [2.75, 3.05) is 24.6 Å². The molecular formula is C20H20F2N4O7. The maximum absolute atomic E-state index is 12.4. The van der Waals surface area contributed by atoms with Crippen LogP contribution in [0.4, 0.5) is 20.3 Å². The third kappa shape index (κ3) is 5.87. The first-order chi connectivity index (χ1) is 15.8. The van der Waals surface area contributed by atoms with E-state index < -0.39 is 29.1 Å². The van der Waals surface area contributed by atoms with Gasteiger partial charge in [0.25, 0.3) is 0 Å². The van der Waals surface area contributed by atoms with Crippen LogP contribution in [0, 0.1) is 16.0 Å². The van der Waals surface area contributed by atoms with Crippen LogP contribution in [0.25, 0.3) is 0 Å². The highest BCUT2D eigenvalue weighted by Gasteiger charge is 2.33. The smallest absolute Gasteiger partial charge is 0.387 e. The SMILES string of the molecule is CCOC(=O)C1CCN(c2ncnc(OC(=O)c3ccc(OC(F)F)cc3)c2[N+](=O)[O-])CC1. The third-order valence-electron chi connectivity index (χ3n) is 4.87. The van der Waals surface area contributed by atoms with Crippen molar-refractivity contribution < 1.29 is 37.5 Å². The fraction of sp³-hybridized carbons (Fsp3) is 0.400. The van der Waals surface area contributed by atoms with E-state index >= 15 is 0 Å². The van der Waals surface area contributed by atoms with Gasteiger partial charge in [-0.1, -0.05) is 0 Å². The van der Waals surface area contributed by atoms with Crippen LogP contribution in [0.1, 0.15) is 30.1 Å². The largest absolute Gasteiger partial charge is 0.466 e. The van der Waals surface area contributed by atoms with Crippen LogP contribution < -0.4 is 14.4 Å². The quantitative estimate of drug-likeness (QED) is 0.325. The van der Waals surface area contributed by atoms with Crippen molar-refractivity contribution >= 4 is 23.4 Å². The lowest BCUT2D eigenvalue weighted by Gasteiger charge is -2.31. The van der Waals surface area contributed by atoms with E-state index in [4.69, 9.17) is 9.47 Å². The average Bonchev–Trinajstić information content (AvgIpc) is 2.79. The Morgan fingerprint density at radius 3 is 2.45 bits per heavy atom. The number of benzene rings is 1. The van der Waals surface area contributed by atoms with Crippen molar-refractivity contribution in [1.82, 2.24) is 9.97 Å². The van der Waals surface area contributed by atoms with Gasteiger partial charge in [0.2, 0.25) is 5.82 Å². The van der Waals surface area contributed by atoms with E-state index in [1.54, 1.807) is 11.8 Å². The van der Waals surface area contributed by atoms with Crippen LogP contribution in [0.5, 0.6) is 11.6 Å². The molecule has 11 nitrogen and oxygen atoms in total. The molecule has 0 amide bonds. The summed E-state index contributed by atoms with van der Waals surface area (Å²) in [6.45, 7) is -0.424. The molecule has 2 heterocycles. The van der Waals surface area contributed by atoms with E-state index in [1.165, 1.54) is 12.1 Å². The summed E-state index contributed by atoms with van der Waals surface area (Å²) in [5.74, 6) is -2.36. The van der Waals surface area contributed by atoms with Gasteiger partial charge in [0, 0.05) is 13.1 Å². The molecule has 0 aliphatic carbocycles. The zero-order valence-electron chi connectivity index (χ0n) is 17.5. The highest BCUT2D eigenvalue weighted by atomic mass is 19.3. The molecule has 0 unspecified atom stereocenters. The molecule has 0 saturated carbocycles. The number of rotatable bonds is 8. The van der Waals surface area contributed by atoms with Crippen molar-refractivity contribution in [3.05, 3.63) is 46.3 Å². The van der Waals surface area contributed by atoms with Gasteiger partial charge >= 0.3 is 30.1 Å². The minimum absolute atomic E-state index is 0.0409. The Kier molecular flexibility index (Phi) is 7.64. The van der Waals surface area contributed by atoms with Crippen LogP contribution >= 0.6 is 0 Å². The molecule has 2 aromatic rings. The molecule has 0 spiro atoms. The molecule has 176 valence electrons. The van der Waals surface area contributed by atoms with Gasteiger partial charge in [0.15, 0.2) is 0 Å². The Morgan fingerprint density at radius 2 is 1.88 bits per heavy atom. The molecule has 0 bridgehead atoms. The number of piperidine rings is 1. The van der Waals surface area contributed by atoms with Gasteiger partial charge in [-0.2, -0.15) is 13.8 Å². The maximum atomic E-state index is 12.4. The Bertz CT molecular complexity index is 1010. The number of nitro groups is 1. The number of anilines is 1. The van der Waals surface area contributed by atoms with E-state index in [1.807, 2.05) is 0 Å². The van der Waals surface area contributed by atoms with Crippen molar-refractivity contribution in [2.24, 2.45) is 5.92 Å². The molecule has 1 saturated heterocycles. The van der Waals surface area contributed by atoms with Gasteiger partial charge in [-0.3, -0.25) is 14.9 Å². The standard InChI is InChI=1S/C20H20F2N4O7/c1-2-31-18(27)13-7-9-25(10-8-13)16-15(26(29)30)17(24-11-23-16)33-19(28)12-3-5-14(6-4-12)32-20(21)22/h3-6,11,13,20H,2,7-10H2,1H3. The molecule has 0 radical (unpaired) electrons. The minimum Gasteiger partial charge on any atom is -0.466 e. The van der Waals surface area contributed by atoms with Crippen molar-refractivity contribution in [1.29, 1.82) is 0 Å². The van der Waals surface area contributed by atoms with Crippen molar-refractivity contribution in [3.63, 3.8) is 0 Å². The monoisotopic (exact) mass is 466 g/mol. The average molecular weight is 466 g/mol. The molecule has 13 heteroatoms. The molecule has 1 aromatic carbocycles. The summed E-state index contributed by atoms with van der Waals surface area (Å²) in [6.07, 6.45) is 1.87. The van der Waals surface area contributed by atoms with Gasteiger partial charge in [-0.15, -0.1) is 0 Å². The summed E-state index contributed by atoms with van der Waals surface area (Å²) >= 11 is 0. The molecule has 1 aromatic heterocycles. The van der Waals surface area contributed by atoms with Crippen LogP contribution in [0.15, 0.2) is 30.6 Å². The van der Waals surface area contributed by atoms with Gasteiger partial charge in [0.1, 0.15) is 12.1 Å². The molecular weight excluding hydrogens is 446 g/mol. The summed E-state index contributed by atoms with van der Waals surface area (Å²) in [5, 5.41) is 11.8. The van der Waals surface area contributed by atoms with Gasteiger partial charge in [-0.05, 0) is 44.0 Å². The summed E-state index contributed by atoms with van der Waals surface area (Å²) < 4.78 is 38.9. The van der Waals surface area contributed by atoms with Gasteiger partial charge in [-0.25, -0.2) is 9.78 Å². The lowest BCUT2D eigenvalue weighted by atomic mass is 9.97. The summed E-state index contributed by atoms with van der Waals surface area (Å²) in [4.78, 5) is 44.7. The minimum atomic E-state index is -3.02. The highest BCUT2D eigenvalue weighted by molar-refractivity contribution is 5.91. The van der Waals surface area contributed by atoms with Crippen LogP contribution in [-0.2, 0) is 9.53 Å². The number of hydrogen-bond donors (Lipinski definition) is 0. The Labute approximate surface area is 186 Å². The second-order valence-corrected chi connectivity index (χ2v) is 6.91. The molecule has 33 heavy (non-hydrogen) atoms. The topological polar surface area (TPSA) is 134 Å². The van der Waals surface area contributed by atoms with Gasteiger partial charge in [0.05, 0.1) is 23.0 Å². The molecule has 1 aliphatic heterocycles. The predicted octanol–water partition coefficient (Wildman–Crippen LogP) is 2.98. The third-order valence-corrected chi connectivity index (χ3v) is 4.87. The molecule has 0 atom stereocenters. The maximum Gasteiger partial charge on any atom is 0.387 e. The number of carbonyl (C=O) groups is 2. The second-order valence-electron chi connectivity index (χ2n) is 6.91. The first-order valence-corrected chi connectivity index (χ1v) is 9.98. The van der Waals surface area contributed by atoms with E-state index in [0.29, 0.717) is 25.9 Å². The number of esters is 2. The summed E-state index contributed by atoms with van der Waals surface area (Å²) in [5.41, 5.74) is -0.653. The Balaban J connectivity index is 1.76. The van der Waals surface area contributed by atoms with Crippen LogP contribution in [0.2, 0.25) is 0 Å². The number of nitrogens with zero attached hydrogens (tertiary/aromatic N) is 4.